The molecule has 0 bridgehead atoms. The lowest BCUT2D eigenvalue weighted by Gasteiger charge is -2.06. The summed E-state index contributed by atoms with van der Waals surface area (Å²) < 4.78 is 17.8. The van der Waals surface area contributed by atoms with Gasteiger partial charge in [-0.1, -0.05) is 133 Å². The van der Waals surface area contributed by atoms with Crippen molar-refractivity contribution in [2.45, 2.75) is 117 Å². The van der Waals surface area contributed by atoms with Gasteiger partial charge < -0.3 is 14.2 Å². The van der Waals surface area contributed by atoms with Gasteiger partial charge in [0.05, 0.1) is 19.8 Å². The zero-order valence-electron chi connectivity index (χ0n) is 33.1. The lowest BCUT2D eigenvalue weighted by atomic mass is 10.0. The van der Waals surface area contributed by atoms with Crippen molar-refractivity contribution in [1.82, 2.24) is 0 Å². The number of hydrogen-bond donors (Lipinski definition) is 0. The molecule has 0 aromatic heterocycles. The smallest absolute Gasteiger partial charge is 0.119 e. The molecule has 0 fully saturated rings. The maximum absolute atomic E-state index is 5.95. The van der Waals surface area contributed by atoms with Crippen molar-refractivity contribution < 1.29 is 14.2 Å². The molecule has 0 aliphatic carbocycles. The molecule has 282 valence electrons. The minimum absolute atomic E-state index is 0.751. The normalized spacial score (nSPS) is 10.3. The number of unbranched alkanes of at least 4 members (excludes halogenated alkanes) is 12. The maximum Gasteiger partial charge on any atom is 0.119 e. The van der Waals surface area contributed by atoms with Crippen molar-refractivity contribution in [3.63, 3.8) is 0 Å². The van der Waals surface area contributed by atoms with E-state index in [1.807, 2.05) is 91.0 Å². The predicted octanol–water partition coefficient (Wildman–Crippen LogP) is 12.9. The molecule has 0 radical (unpaired) electrons. The molecular weight excluding hydrogens is 661 g/mol. The Morgan fingerprint density at radius 2 is 0.537 bits per heavy atom. The maximum atomic E-state index is 5.95. The summed E-state index contributed by atoms with van der Waals surface area (Å²) in [5.41, 5.74) is 5.39. The van der Waals surface area contributed by atoms with E-state index >= 15 is 0 Å². The van der Waals surface area contributed by atoms with E-state index < -0.39 is 0 Å². The number of benzene rings is 4. The van der Waals surface area contributed by atoms with E-state index in [1.54, 1.807) is 0 Å². The van der Waals surface area contributed by atoms with Gasteiger partial charge in [-0.05, 0) is 110 Å². The first-order chi connectivity index (χ1) is 26.6. The first-order valence-corrected chi connectivity index (χ1v) is 20.5. The summed E-state index contributed by atoms with van der Waals surface area (Å²) in [6.07, 6.45) is 18.4. The highest BCUT2D eigenvalue weighted by molar-refractivity contribution is 5.55. The third kappa shape index (κ3) is 17.2. The third-order valence-corrected chi connectivity index (χ3v) is 9.10. The molecule has 0 heterocycles. The first-order valence-electron chi connectivity index (χ1n) is 20.5. The van der Waals surface area contributed by atoms with Gasteiger partial charge in [-0.2, -0.15) is 0 Å². The van der Waals surface area contributed by atoms with Crippen LogP contribution in [-0.4, -0.2) is 19.8 Å². The Hall–Kier alpha value is -5.04. The minimum atomic E-state index is 0.751. The van der Waals surface area contributed by atoms with Crippen LogP contribution in [0.2, 0.25) is 0 Å². The molecule has 3 nitrogen and oxygen atoms in total. The standard InChI is InChI=1S/C51H60O3/c1-4-7-10-13-16-37-52-49-31-25-43(26-32-49)19-22-46-40-47(23-20-44-27-33-50(34-28-44)53-38-17-14-11-8-5-2)42-48(41-46)24-21-45-29-35-51(36-30-45)54-39-18-15-12-9-6-3/h25-36,40-42H,4-18,37-39H2,1-3H3. The Bertz CT molecular complexity index is 1590. The van der Waals surface area contributed by atoms with Gasteiger partial charge >= 0.3 is 0 Å². The molecule has 0 N–H and O–H groups in total. The number of ether oxygens (including phenoxy) is 3. The Balaban J connectivity index is 1.45. The van der Waals surface area contributed by atoms with E-state index in [-0.39, 0.29) is 0 Å². The molecule has 0 aliphatic rings. The molecule has 4 aromatic rings. The van der Waals surface area contributed by atoms with Gasteiger partial charge in [-0.25, -0.2) is 0 Å². The molecule has 4 aromatic carbocycles. The van der Waals surface area contributed by atoms with Crippen LogP contribution in [0.15, 0.2) is 91.0 Å². The molecule has 0 saturated heterocycles. The second-order valence-corrected chi connectivity index (χ2v) is 13.9. The second-order valence-electron chi connectivity index (χ2n) is 13.9. The number of hydrogen-bond acceptors (Lipinski definition) is 3. The van der Waals surface area contributed by atoms with Gasteiger partial charge in [-0.3, -0.25) is 0 Å². The predicted molar refractivity (Wildman–Crippen MR) is 226 cm³/mol. The quantitative estimate of drug-likeness (QED) is 0.0633. The van der Waals surface area contributed by atoms with Gasteiger partial charge in [0.25, 0.3) is 0 Å². The van der Waals surface area contributed by atoms with E-state index in [0.29, 0.717) is 0 Å². The Labute approximate surface area is 327 Å². The van der Waals surface area contributed by atoms with E-state index in [0.717, 1.165) is 89.7 Å². The summed E-state index contributed by atoms with van der Waals surface area (Å²) in [4.78, 5) is 0. The van der Waals surface area contributed by atoms with Crippen molar-refractivity contribution in [3.05, 3.63) is 124 Å². The van der Waals surface area contributed by atoms with Crippen molar-refractivity contribution in [2.75, 3.05) is 19.8 Å². The Kier molecular flexibility index (Phi) is 20.0. The summed E-state index contributed by atoms with van der Waals surface area (Å²) in [6.45, 7) is 8.96. The summed E-state index contributed by atoms with van der Waals surface area (Å²) >= 11 is 0. The van der Waals surface area contributed by atoms with Crippen LogP contribution in [0.25, 0.3) is 0 Å². The summed E-state index contributed by atoms with van der Waals surface area (Å²) in [5.74, 6) is 22.7. The molecule has 4 rings (SSSR count). The average Bonchev–Trinajstić information content (AvgIpc) is 3.21. The van der Waals surface area contributed by atoms with Crippen LogP contribution in [-0.2, 0) is 0 Å². The summed E-state index contributed by atoms with van der Waals surface area (Å²) in [6, 6.07) is 30.2. The third-order valence-electron chi connectivity index (χ3n) is 9.10. The first kappa shape index (κ1) is 41.7. The fraction of sp³-hybridized carbons (Fsp3) is 0.412. The summed E-state index contributed by atoms with van der Waals surface area (Å²) in [5, 5.41) is 0. The van der Waals surface area contributed by atoms with E-state index in [1.165, 1.54) is 77.0 Å². The van der Waals surface area contributed by atoms with Crippen LogP contribution in [0, 0.1) is 35.5 Å². The highest BCUT2D eigenvalue weighted by Crippen LogP contribution is 2.17. The van der Waals surface area contributed by atoms with Crippen LogP contribution in [0.4, 0.5) is 0 Å². The molecule has 54 heavy (non-hydrogen) atoms. The van der Waals surface area contributed by atoms with Crippen LogP contribution in [0.1, 0.15) is 150 Å². The molecule has 0 atom stereocenters. The Morgan fingerprint density at radius 3 is 0.796 bits per heavy atom. The molecular formula is C51H60O3. The van der Waals surface area contributed by atoms with Crippen LogP contribution in [0.3, 0.4) is 0 Å². The molecule has 0 spiro atoms. The second kappa shape index (κ2) is 25.9. The lowest BCUT2D eigenvalue weighted by molar-refractivity contribution is 0.304. The fourth-order valence-electron chi connectivity index (χ4n) is 5.87. The fourth-order valence-corrected chi connectivity index (χ4v) is 5.87. The highest BCUT2D eigenvalue weighted by atomic mass is 16.5. The average molecular weight is 721 g/mol. The molecule has 0 amide bonds. The van der Waals surface area contributed by atoms with Crippen LogP contribution in [0.5, 0.6) is 17.2 Å². The zero-order valence-corrected chi connectivity index (χ0v) is 33.1. The Morgan fingerprint density at radius 1 is 0.296 bits per heavy atom. The zero-order chi connectivity index (χ0) is 37.9. The van der Waals surface area contributed by atoms with Gasteiger partial charge in [0.1, 0.15) is 17.2 Å². The van der Waals surface area contributed by atoms with Crippen molar-refractivity contribution in [3.8, 4) is 52.8 Å². The summed E-state index contributed by atoms with van der Waals surface area (Å²) in [7, 11) is 0. The molecule has 0 unspecified atom stereocenters. The molecule has 0 aliphatic heterocycles. The minimum Gasteiger partial charge on any atom is -0.494 e. The molecule has 0 saturated carbocycles. The number of rotatable bonds is 21. The van der Waals surface area contributed by atoms with Crippen LogP contribution < -0.4 is 14.2 Å². The van der Waals surface area contributed by atoms with Gasteiger partial charge in [0.2, 0.25) is 0 Å². The van der Waals surface area contributed by atoms with Crippen molar-refractivity contribution in [1.29, 1.82) is 0 Å². The lowest BCUT2D eigenvalue weighted by Crippen LogP contribution is -1.97. The SMILES string of the molecule is CCCCCCCOc1ccc(C#Cc2cc(C#Cc3ccc(OCCCCCCC)cc3)cc(C#Cc3ccc(OCCCCCCC)cc3)c2)cc1. The topological polar surface area (TPSA) is 27.7 Å². The highest BCUT2D eigenvalue weighted by Gasteiger charge is 2.01. The van der Waals surface area contributed by atoms with E-state index in [9.17, 15) is 0 Å². The van der Waals surface area contributed by atoms with E-state index in [4.69, 9.17) is 14.2 Å². The van der Waals surface area contributed by atoms with Crippen molar-refractivity contribution >= 4 is 0 Å². The van der Waals surface area contributed by atoms with Crippen molar-refractivity contribution in [2.24, 2.45) is 0 Å². The van der Waals surface area contributed by atoms with Gasteiger partial charge in [0.15, 0.2) is 0 Å². The largest absolute Gasteiger partial charge is 0.494 e. The van der Waals surface area contributed by atoms with E-state index in [2.05, 4.69) is 56.3 Å². The van der Waals surface area contributed by atoms with Gasteiger partial charge in [0, 0.05) is 33.4 Å². The monoisotopic (exact) mass is 720 g/mol. The van der Waals surface area contributed by atoms with Gasteiger partial charge in [-0.15, -0.1) is 0 Å². The molecule has 3 heteroatoms. The van der Waals surface area contributed by atoms with Crippen LogP contribution >= 0.6 is 0 Å².